The fraction of sp³-hybridized carbons (Fsp3) is 0.438. The Kier molecular flexibility index (Phi) is 6.31. The second kappa shape index (κ2) is 8.45. The molecule has 1 aromatic rings. The number of hydrogen-bond acceptors (Lipinski definition) is 7. The lowest BCUT2D eigenvalue weighted by Gasteiger charge is -2.22. The van der Waals surface area contributed by atoms with Gasteiger partial charge in [0.05, 0.1) is 31.1 Å². The van der Waals surface area contributed by atoms with Crippen molar-refractivity contribution in [2.24, 2.45) is 4.99 Å². The van der Waals surface area contributed by atoms with Gasteiger partial charge in [-0.1, -0.05) is 6.07 Å². The zero-order chi connectivity index (χ0) is 18.4. The van der Waals surface area contributed by atoms with E-state index in [1.807, 2.05) is 0 Å². The van der Waals surface area contributed by atoms with E-state index in [0.29, 0.717) is 24.6 Å². The summed E-state index contributed by atoms with van der Waals surface area (Å²) in [6.45, 7) is 0.589. The largest absolute Gasteiger partial charge is 0.481 e. The highest BCUT2D eigenvalue weighted by Gasteiger charge is 2.24. The number of aliphatic imine (C=N–C) groups is 1. The maximum atomic E-state index is 11.2. The molecule has 1 aromatic carbocycles. The van der Waals surface area contributed by atoms with Crippen molar-refractivity contribution in [1.29, 1.82) is 0 Å². The average Bonchev–Trinajstić information content (AvgIpc) is 2.74. The molecular formula is C16H21N3O6. The lowest BCUT2D eigenvalue weighted by atomic mass is 10.1. The quantitative estimate of drug-likeness (QED) is 0.530. The Morgan fingerprint density at radius 3 is 2.68 bits per heavy atom. The first kappa shape index (κ1) is 18.7. The predicted octanol–water partition coefficient (Wildman–Crippen LogP) is 0.761. The molecule has 25 heavy (non-hydrogen) atoms. The Labute approximate surface area is 144 Å². The molecule has 1 heterocycles. The number of ether oxygens (including phenoxy) is 2. The van der Waals surface area contributed by atoms with Crippen LogP contribution in [0.1, 0.15) is 22.3 Å². The summed E-state index contributed by atoms with van der Waals surface area (Å²) in [6.07, 6.45) is -0.717. The van der Waals surface area contributed by atoms with Crippen molar-refractivity contribution in [2.45, 2.75) is 25.3 Å². The van der Waals surface area contributed by atoms with E-state index in [4.69, 9.17) is 19.7 Å². The highest BCUT2D eigenvalue weighted by molar-refractivity contribution is 5.95. The first-order chi connectivity index (χ1) is 11.9. The van der Waals surface area contributed by atoms with Crippen molar-refractivity contribution in [3.8, 4) is 0 Å². The summed E-state index contributed by atoms with van der Waals surface area (Å²) in [5.74, 6) is -1.60. The van der Waals surface area contributed by atoms with Crippen LogP contribution < -0.4 is 10.6 Å². The maximum Gasteiger partial charge on any atom is 0.335 e. The third-order valence-corrected chi connectivity index (χ3v) is 3.79. The summed E-state index contributed by atoms with van der Waals surface area (Å²) in [5, 5.41) is 24.4. The van der Waals surface area contributed by atoms with Gasteiger partial charge in [0.2, 0.25) is 0 Å². The second-order valence-corrected chi connectivity index (χ2v) is 5.46. The molecule has 0 aromatic heterocycles. The summed E-state index contributed by atoms with van der Waals surface area (Å²) >= 11 is 0. The number of rotatable bonds is 7. The molecule has 136 valence electrons. The lowest BCUT2D eigenvalue weighted by molar-refractivity contribution is -0.136. The van der Waals surface area contributed by atoms with Gasteiger partial charge in [-0.15, -0.1) is 0 Å². The van der Waals surface area contributed by atoms with Crippen LogP contribution in [0.15, 0.2) is 23.2 Å². The standard InChI is InChI=1S/C16H21N3O6/c1-24-14(25-2)8-18-15-12(6-13(20)21)19-11-5-9(16(22)23)3-4-10(11)7-17-15/h3-5,12,14,19H,6-8H2,1-2H3,(H,17,18)(H,20,21)(H,22,23)/t12-/m1/s1. The molecule has 9 heteroatoms. The van der Waals surface area contributed by atoms with E-state index in [2.05, 4.69) is 15.6 Å². The minimum absolute atomic E-state index is 0.121. The molecular weight excluding hydrogens is 330 g/mol. The third-order valence-electron chi connectivity index (χ3n) is 3.79. The topological polar surface area (TPSA) is 129 Å². The van der Waals surface area contributed by atoms with Crippen molar-refractivity contribution in [1.82, 2.24) is 5.32 Å². The van der Waals surface area contributed by atoms with E-state index < -0.39 is 24.3 Å². The number of fused-ring (bicyclic) bond motifs is 1. The number of carbonyl (C=O) groups is 2. The van der Waals surface area contributed by atoms with E-state index in [-0.39, 0.29) is 12.0 Å². The number of amidine groups is 1. The fourth-order valence-electron chi connectivity index (χ4n) is 2.47. The zero-order valence-corrected chi connectivity index (χ0v) is 14.0. The number of aromatic carboxylic acids is 1. The Balaban J connectivity index is 2.23. The van der Waals surface area contributed by atoms with Gasteiger partial charge in [0.1, 0.15) is 5.84 Å². The van der Waals surface area contributed by atoms with E-state index >= 15 is 0 Å². The Morgan fingerprint density at radius 2 is 2.08 bits per heavy atom. The van der Waals surface area contributed by atoms with Crippen molar-refractivity contribution in [3.05, 3.63) is 29.3 Å². The number of carboxylic acid groups (broad SMARTS) is 2. The van der Waals surface area contributed by atoms with E-state index in [0.717, 1.165) is 5.56 Å². The Morgan fingerprint density at radius 1 is 1.36 bits per heavy atom. The second-order valence-electron chi connectivity index (χ2n) is 5.46. The van der Waals surface area contributed by atoms with Gasteiger partial charge in [0, 0.05) is 19.9 Å². The molecule has 0 saturated carbocycles. The van der Waals surface area contributed by atoms with Crippen LogP contribution in [0.4, 0.5) is 5.69 Å². The number of anilines is 1. The predicted molar refractivity (Wildman–Crippen MR) is 90.0 cm³/mol. The van der Waals surface area contributed by atoms with E-state index in [9.17, 15) is 9.59 Å². The van der Waals surface area contributed by atoms with Gasteiger partial charge in [-0.2, -0.15) is 0 Å². The summed E-state index contributed by atoms with van der Waals surface area (Å²) in [6, 6.07) is 4.02. The van der Waals surface area contributed by atoms with Crippen molar-refractivity contribution >= 4 is 23.5 Å². The molecule has 1 aliphatic rings. The molecule has 1 atom stereocenters. The van der Waals surface area contributed by atoms with Crippen LogP contribution in [0.25, 0.3) is 0 Å². The molecule has 0 radical (unpaired) electrons. The summed E-state index contributed by atoms with van der Waals surface area (Å²) in [4.78, 5) is 26.8. The molecule has 0 amide bonds. The molecule has 1 aliphatic heterocycles. The minimum Gasteiger partial charge on any atom is -0.481 e. The SMILES string of the molecule is COC(CNC1=NCc2ccc(C(=O)O)cc2N[C@@H]1CC(=O)O)OC. The number of hydrogen-bond donors (Lipinski definition) is 4. The number of methoxy groups -OCH3 is 2. The fourth-order valence-corrected chi connectivity index (χ4v) is 2.47. The summed E-state index contributed by atoms with van der Waals surface area (Å²) in [5.41, 5.74) is 1.46. The lowest BCUT2D eigenvalue weighted by Crippen LogP contribution is -2.44. The molecule has 2 rings (SSSR count). The van der Waals surface area contributed by atoms with Crippen LogP contribution in [0.2, 0.25) is 0 Å². The van der Waals surface area contributed by atoms with Crippen LogP contribution in [0.5, 0.6) is 0 Å². The highest BCUT2D eigenvalue weighted by Crippen LogP contribution is 2.23. The molecule has 0 aliphatic carbocycles. The number of nitrogens with zero attached hydrogens (tertiary/aromatic N) is 1. The van der Waals surface area contributed by atoms with Gasteiger partial charge in [-0.3, -0.25) is 9.79 Å². The first-order valence-electron chi connectivity index (χ1n) is 7.63. The number of aliphatic carboxylic acids is 1. The normalized spacial score (nSPS) is 16.4. The summed E-state index contributed by atoms with van der Waals surface area (Å²) in [7, 11) is 3.00. The third kappa shape index (κ3) is 4.91. The van der Waals surface area contributed by atoms with Gasteiger partial charge in [0.15, 0.2) is 6.29 Å². The number of benzene rings is 1. The van der Waals surface area contributed by atoms with Crippen LogP contribution in [-0.4, -0.2) is 61.1 Å². The van der Waals surface area contributed by atoms with Crippen LogP contribution in [0, 0.1) is 0 Å². The molecule has 0 fully saturated rings. The minimum atomic E-state index is -1.05. The maximum absolute atomic E-state index is 11.2. The molecule has 4 N–H and O–H groups in total. The monoisotopic (exact) mass is 351 g/mol. The smallest absolute Gasteiger partial charge is 0.335 e. The van der Waals surface area contributed by atoms with Gasteiger partial charge < -0.3 is 30.3 Å². The van der Waals surface area contributed by atoms with Gasteiger partial charge in [0.25, 0.3) is 0 Å². The number of nitrogens with one attached hydrogen (secondary N) is 2. The van der Waals surface area contributed by atoms with Gasteiger partial charge in [-0.25, -0.2) is 4.79 Å². The Hall–Kier alpha value is -2.65. The molecule has 9 nitrogen and oxygen atoms in total. The van der Waals surface area contributed by atoms with Crippen LogP contribution in [0.3, 0.4) is 0 Å². The van der Waals surface area contributed by atoms with Crippen LogP contribution in [-0.2, 0) is 20.8 Å². The van der Waals surface area contributed by atoms with Crippen LogP contribution >= 0.6 is 0 Å². The van der Waals surface area contributed by atoms with Gasteiger partial charge >= 0.3 is 11.9 Å². The van der Waals surface area contributed by atoms with Gasteiger partial charge in [-0.05, 0) is 17.7 Å². The van der Waals surface area contributed by atoms with Crippen molar-refractivity contribution in [3.63, 3.8) is 0 Å². The van der Waals surface area contributed by atoms with E-state index in [1.54, 1.807) is 6.07 Å². The highest BCUT2D eigenvalue weighted by atomic mass is 16.7. The molecule has 0 unspecified atom stereocenters. The Bertz CT molecular complexity index is 672. The van der Waals surface area contributed by atoms with E-state index in [1.165, 1.54) is 26.4 Å². The molecule has 0 spiro atoms. The van der Waals surface area contributed by atoms with Crippen molar-refractivity contribution in [2.75, 3.05) is 26.1 Å². The zero-order valence-electron chi connectivity index (χ0n) is 14.0. The molecule has 0 bridgehead atoms. The molecule has 0 saturated heterocycles. The van der Waals surface area contributed by atoms with Crippen molar-refractivity contribution < 1.29 is 29.3 Å². The number of carboxylic acids is 2. The average molecular weight is 351 g/mol. The summed E-state index contributed by atoms with van der Waals surface area (Å²) < 4.78 is 10.2. The first-order valence-corrected chi connectivity index (χ1v) is 7.63.